The lowest BCUT2D eigenvalue weighted by Crippen LogP contribution is -2.39. The molecule has 2 N–H and O–H groups in total. The van der Waals surface area contributed by atoms with Crippen LogP contribution in [0.15, 0.2) is 105 Å². The van der Waals surface area contributed by atoms with E-state index in [-0.39, 0.29) is 17.4 Å². The summed E-state index contributed by atoms with van der Waals surface area (Å²) in [6, 6.07) is 24.7. The summed E-state index contributed by atoms with van der Waals surface area (Å²) in [6.07, 6.45) is 1.40. The van der Waals surface area contributed by atoms with Crippen LogP contribution in [0, 0.1) is 6.92 Å². The molecule has 0 saturated carbocycles. The number of hydrogen-bond acceptors (Lipinski definition) is 7. The van der Waals surface area contributed by atoms with Gasteiger partial charge in [0.1, 0.15) is 18.0 Å². The van der Waals surface area contributed by atoms with Gasteiger partial charge in [-0.3, -0.25) is 13.9 Å². The highest BCUT2D eigenvalue weighted by Gasteiger charge is 2.28. The van der Waals surface area contributed by atoms with Crippen molar-refractivity contribution < 1.29 is 27.5 Å². The smallest absolute Gasteiger partial charge is 0.264 e. The largest absolute Gasteiger partial charge is 0.496 e. The average molecular weight is 700 g/mol. The van der Waals surface area contributed by atoms with Crippen molar-refractivity contribution in [2.75, 3.05) is 29.9 Å². The molecule has 4 aromatic carbocycles. The molecule has 0 aliphatic rings. The minimum atomic E-state index is -4.14. The SMILES string of the molecule is COc1ccc(S(=O)(=O)N(CC(=O)N/N=C\c2ccc(OCC(=O)Nc3ccccc3Cl)cc2)c2ccc(C)cc2)cc1Br. The summed E-state index contributed by atoms with van der Waals surface area (Å²) >= 11 is 9.37. The molecule has 0 aliphatic heterocycles. The molecule has 13 heteroatoms. The number of carbonyl (C=O) groups excluding carboxylic acids is 2. The minimum absolute atomic E-state index is 0.0225. The summed E-state index contributed by atoms with van der Waals surface area (Å²) in [6.45, 7) is 1.14. The van der Waals surface area contributed by atoms with Crippen molar-refractivity contribution in [3.8, 4) is 11.5 Å². The number of sulfonamides is 1. The molecule has 0 bridgehead atoms. The Hall–Kier alpha value is -4.39. The summed E-state index contributed by atoms with van der Waals surface area (Å²) in [5, 5.41) is 7.06. The molecular formula is C31H28BrClN4O6S. The summed E-state index contributed by atoms with van der Waals surface area (Å²) in [4.78, 5) is 25.0. The third-order valence-corrected chi connectivity index (χ3v) is 8.84. The van der Waals surface area contributed by atoms with E-state index in [1.807, 2.05) is 6.92 Å². The van der Waals surface area contributed by atoms with Crippen molar-refractivity contribution in [3.63, 3.8) is 0 Å². The molecular weight excluding hydrogens is 672 g/mol. The third kappa shape index (κ3) is 8.59. The van der Waals surface area contributed by atoms with Gasteiger partial charge in [0.2, 0.25) is 0 Å². The second-order valence-corrected chi connectivity index (χ2v) is 12.4. The number of para-hydroxylation sites is 1. The fourth-order valence-electron chi connectivity index (χ4n) is 3.85. The monoisotopic (exact) mass is 698 g/mol. The van der Waals surface area contributed by atoms with E-state index in [1.54, 1.807) is 72.8 Å². The zero-order valence-corrected chi connectivity index (χ0v) is 26.8. The van der Waals surface area contributed by atoms with Gasteiger partial charge in [-0.15, -0.1) is 0 Å². The van der Waals surface area contributed by atoms with Crippen molar-refractivity contribution in [2.45, 2.75) is 11.8 Å². The van der Waals surface area contributed by atoms with E-state index < -0.39 is 22.5 Å². The van der Waals surface area contributed by atoms with Crippen LogP contribution in [-0.2, 0) is 19.6 Å². The van der Waals surface area contributed by atoms with Gasteiger partial charge in [0.15, 0.2) is 6.61 Å². The number of rotatable bonds is 12. The van der Waals surface area contributed by atoms with E-state index in [0.717, 1.165) is 9.87 Å². The first-order valence-electron chi connectivity index (χ1n) is 13.1. The Morgan fingerprint density at radius 2 is 1.68 bits per heavy atom. The van der Waals surface area contributed by atoms with Crippen LogP contribution in [0.1, 0.15) is 11.1 Å². The number of nitrogens with one attached hydrogen (secondary N) is 2. The maximum Gasteiger partial charge on any atom is 0.264 e. The first kappa shape index (κ1) is 32.5. The number of benzene rings is 4. The Bertz CT molecular complexity index is 1770. The quantitative estimate of drug-likeness (QED) is 0.143. The molecule has 2 amide bonds. The zero-order valence-electron chi connectivity index (χ0n) is 23.7. The second kappa shape index (κ2) is 14.9. The molecule has 0 aromatic heterocycles. The molecule has 0 unspecified atom stereocenters. The molecule has 0 aliphatic carbocycles. The second-order valence-electron chi connectivity index (χ2n) is 9.32. The Morgan fingerprint density at radius 1 is 0.977 bits per heavy atom. The van der Waals surface area contributed by atoms with Crippen LogP contribution in [-0.4, -0.2) is 46.7 Å². The highest BCUT2D eigenvalue weighted by atomic mass is 79.9. The maximum atomic E-state index is 13.6. The standard InChI is InChI=1S/C31H28BrClN4O6S/c1-21-7-11-23(12-8-21)37(44(40,41)25-15-16-29(42-2)26(32)17-25)19-30(38)36-34-18-22-9-13-24(14-10-22)43-20-31(39)35-28-6-4-3-5-27(28)33/h3-18H,19-20H2,1-2H3,(H,35,39)(H,36,38)/b34-18-. The lowest BCUT2D eigenvalue weighted by Gasteiger charge is -2.24. The van der Waals surface area contributed by atoms with E-state index in [1.165, 1.54) is 31.5 Å². The van der Waals surface area contributed by atoms with Crippen molar-refractivity contribution in [1.82, 2.24) is 5.43 Å². The lowest BCUT2D eigenvalue weighted by atomic mass is 10.2. The van der Waals surface area contributed by atoms with Gasteiger partial charge in [-0.25, -0.2) is 13.8 Å². The number of aryl methyl sites for hydroxylation is 1. The van der Waals surface area contributed by atoms with E-state index in [9.17, 15) is 18.0 Å². The van der Waals surface area contributed by atoms with Gasteiger partial charge in [-0.2, -0.15) is 5.10 Å². The number of nitrogens with zero attached hydrogens (tertiary/aromatic N) is 2. The van der Waals surface area contributed by atoms with Crippen molar-refractivity contribution in [2.24, 2.45) is 5.10 Å². The number of amides is 2. The van der Waals surface area contributed by atoms with Gasteiger partial charge in [0.25, 0.3) is 21.8 Å². The van der Waals surface area contributed by atoms with E-state index in [4.69, 9.17) is 21.1 Å². The van der Waals surface area contributed by atoms with E-state index in [2.05, 4.69) is 31.8 Å². The molecule has 4 aromatic rings. The van der Waals surface area contributed by atoms with Gasteiger partial charge < -0.3 is 14.8 Å². The summed E-state index contributed by atoms with van der Waals surface area (Å²) in [7, 11) is -2.66. The minimum Gasteiger partial charge on any atom is -0.496 e. The topological polar surface area (TPSA) is 126 Å². The Balaban J connectivity index is 1.38. The van der Waals surface area contributed by atoms with Gasteiger partial charge in [0.05, 0.1) is 39.1 Å². The van der Waals surface area contributed by atoms with E-state index in [0.29, 0.717) is 37.9 Å². The fraction of sp³-hybridized carbons (Fsp3) is 0.129. The molecule has 10 nitrogen and oxygen atoms in total. The summed E-state index contributed by atoms with van der Waals surface area (Å²) in [5.41, 5.74) is 4.75. The number of ether oxygens (including phenoxy) is 2. The molecule has 44 heavy (non-hydrogen) atoms. The maximum absolute atomic E-state index is 13.6. The molecule has 0 saturated heterocycles. The number of carbonyl (C=O) groups is 2. The van der Waals surface area contributed by atoms with Gasteiger partial charge in [-0.1, -0.05) is 41.4 Å². The first-order chi connectivity index (χ1) is 21.1. The molecule has 0 radical (unpaired) electrons. The highest BCUT2D eigenvalue weighted by Crippen LogP contribution is 2.31. The Morgan fingerprint density at radius 3 is 2.34 bits per heavy atom. The lowest BCUT2D eigenvalue weighted by molar-refractivity contribution is -0.119. The molecule has 0 heterocycles. The van der Waals surface area contributed by atoms with Crippen LogP contribution in [0.2, 0.25) is 5.02 Å². The fourth-order valence-corrected chi connectivity index (χ4v) is 6.18. The Labute approximate surface area is 268 Å². The van der Waals surface area contributed by atoms with Crippen LogP contribution >= 0.6 is 27.5 Å². The van der Waals surface area contributed by atoms with Crippen LogP contribution < -0.4 is 24.5 Å². The van der Waals surface area contributed by atoms with Crippen molar-refractivity contribution in [1.29, 1.82) is 0 Å². The van der Waals surface area contributed by atoms with Crippen molar-refractivity contribution in [3.05, 3.63) is 112 Å². The molecule has 0 atom stereocenters. The predicted molar refractivity (Wildman–Crippen MR) is 174 cm³/mol. The molecule has 0 spiro atoms. The van der Waals surface area contributed by atoms with Crippen LogP contribution in [0.5, 0.6) is 11.5 Å². The normalized spacial score (nSPS) is 11.2. The number of hydrazone groups is 1. The van der Waals surface area contributed by atoms with Crippen LogP contribution in [0.4, 0.5) is 11.4 Å². The number of methoxy groups -OCH3 is 1. The number of anilines is 2. The molecule has 228 valence electrons. The first-order valence-corrected chi connectivity index (χ1v) is 15.7. The van der Waals surface area contributed by atoms with Gasteiger partial charge in [-0.05, 0) is 95.1 Å². The Kier molecular flexibility index (Phi) is 11.0. The van der Waals surface area contributed by atoms with Gasteiger partial charge >= 0.3 is 0 Å². The molecule has 4 rings (SSSR count). The summed E-state index contributed by atoms with van der Waals surface area (Å²) in [5.74, 6) is -0.101. The van der Waals surface area contributed by atoms with Crippen LogP contribution in [0.25, 0.3) is 0 Å². The predicted octanol–water partition coefficient (Wildman–Crippen LogP) is 5.78. The number of hydrogen-bond donors (Lipinski definition) is 2. The summed E-state index contributed by atoms with van der Waals surface area (Å²) < 4.78 is 39.5. The zero-order chi connectivity index (χ0) is 31.7. The van der Waals surface area contributed by atoms with Gasteiger partial charge in [0, 0.05) is 0 Å². The molecule has 0 fully saturated rings. The average Bonchev–Trinajstić information content (AvgIpc) is 3.01. The highest BCUT2D eigenvalue weighted by molar-refractivity contribution is 9.10. The third-order valence-electron chi connectivity index (χ3n) is 6.12. The van der Waals surface area contributed by atoms with Crippen molar-refractivity contribution >= 4 is 67.0 Å². The van der Waals surface area contributed by atoms with E-state index >= 15 is 0 Å². The number of halogens is 2. The van der Waals surface area contributed by atoms with Crippen LogP contribution in [0.3, 0.4) is 0 Å².